The average Bonchev–Trinajstić information content (AvgIpc) is 2.94. The molecule has 2 fully saturated rings. The van der Waals surface area contributed by atoms with Gasteiger partial charge in [0.25, 0.3) is 0 Å². The molecule has 2 saturated heterocycles. The molecule has 4 nitrogen and oxygen atoms in total. The molecular weight excluding hydrogens is 286 g/mol. The SMILES string of the molecule is N#Cc1ccc(-c2ccnc(OC3C[C@H]4CC[C@@H](C3)N4)c2)cc1. The van der Waals surface area contributed by atoms with E-state index in [-0.39, 0.29) is 6.10 Å². The van der Waals surface area contributed by atoms with Crippen LogP contribution in [0.25, 0.3) is 11.1 Å². The van der Waals surface area contributed by atoms with E-state index in [1.807, 2.05) is 36.4 Å². The lowest BCUT2D eigenvalue weighted by Crippen LogP contribution is -2.42. The molecule has 1 unspecified atom stereocenters. The van der Waals surface area contributed by atoms with Crippen molar-refractivity contribution in [2.24, 2.45) is 0 Å². The first-order valence-electron chi connectivity index (χ1n) is 8.19. The van der Waals surface area contributed by atoms with Crippen molar-refractivity contribution in [3.63, 3.8) is 0 Å². The highest BCUT2D eigenvalue weighted by Crippen LogP contribution is 2.30. The number of rotatable bonds is 3. The Hall–Kier alpha value is -2.38. The first-order valence-corrected chi connectivity index (χ1v) is 8.19. The highest BCUT2D eigenvalue weighted by molar-refractivity contribution is 5.64. The molecular formula is C19H19N3O. The van der Waals surface area contributed by atoms with Crippen LogP contribution in [0.4, 0.5) is 0 Å². The molecule has 3 heterocycles. The minimum absolute atomic E-state index is 0.262. The summed E-state index contributed by atoms with van der Waals surface area (Å²) in [6, 6.07) is 14.9. The molecule has 23 heavy (non-hydrogen) atoms. The van der Waals surface area contributed by atoms with Crippen LogP contribution in [0.15, 0.2) is 42.6 Å². The van der Waals surface area contributed by atoms with Crippen molar-refractivity contribution in [2.45, 2.75) is 43.9 Å². The van der Waals surface area contributed by atoms with E-state index >= 15 is 0 Å². The van der Waals surface area contributed by atoms with Crippen LogP contribution in [0.2, 0.25) is 0 Å². The van der Waals surface area contributed by atoms with E-state index in [0.717, 1.165) is 24.0 Å². The van der Waals surface area contributed by atoms with Crippen molar-refractivity contribution in [3.05, 3.63) is 48.2 Å². The van der Waals surface area contributed by atoms with E-state index in [2.05, 4.69) is 16.4 Å². The van der Waals surface area contributed by atoms with Gasteiger partial charge in [0.15, 0.2) is 0 Å². The number of aromatic nitrogens is 1. The second-order valence-electron chi connectivity index (χ2n) is 6.42. The third-order valence-electron chi connectivity index (χ3n) is 4.80. The van der Waals surface area contributed by atoms with Gasteiger partial charge in [-0.25, -0.2) is 4.98 Å². The standard InChI is InChI=1S/C19H19N3O/c20-12-13-1-3-14(4-2-13)15-7-8-21-19(9-15)23-18-10-16-5-6-17(11-18)22-16/h1-4,7-9,16-18,22H,5-6,10-11H2/t16-,17+,18?. The zero-order valence-electron chi connectivity index (χ0n) is 12.9. The van der Waals surface area contributed by atoms with E-state index < -0.39 is 0 Å². The van der Waals surface area contributed by atoms with Crippen LogP contribution >= 0.6 is 0 Å². The summed E-state index contributed by atoms with van der Waals surface area (Å²) in [7, 11) is 0. The summed E-state index contributed by atoms with van der Waals surface area (Å²) in [6.45, 7) is 0. The van der Waals surface area contributed by atoms with E-state index in [9.17, 15) is 0 Å². The summed E-state index contributed by atoms with van der Waals surface area (Å²) < 4.78 is 6.14. The second-order valence-corrected chi connectivity index (χ2v) is 6.42. The van der Waals surface area contributed by atoms with Crippen molar-refractivity contribution in [1.82, 2.24) is 10.3 Å². The summed E-state index contributed by atoms with van der Waals surface area (Å²) in [4.78, 5) is 4.37. The number of nitrogens with zero attached hydrogens (tertiary/aromatic N) is 2. The number of hydrogen-bond donors (Lipinski definition) is 1. The van der Waals surface area contributed by atoms with Gasteiger partial charge in [0, 0.05) is 24.3 Å². The van der Waals surface area contributed by atoms with Gasteiger partial charge in [-0.2, -0.15) is 5.26 Å². The van der Waals surface area contributed by atoms with Crippen LogP contribution < -0.4 is 10.1 Å². The highest BCUT2D eigenvalue weighted by Gasteiger charge is 2.34. The fourth-order valence-corrected chi connectivity index (χ4v) is 3.66. The Morgan fingerprint density at radius 2 is 1.78 bits per heavy atom. The molecule has 0 amide bonds. The Kier molecular flexibility index (Phi) is 3.72. The third-order valence-corrected chi connectivity index (χ3v) is 4.80. The fourth-order valence-electron chi connectivity index (χ4n) is 3.66. The lowest BCUT2D eigenvalue weighted by Gasteiger charge is -2.29. The number of nitriles is 1. The van der Waals surface area contributed by atoms with Crippen LogP contribution in [-0.4, -0.2) is 23.2 Å². The number of piperidine rings is 1. The quantitative estimate of drug-likeness (QED) is 0.945. The Balaban J connectivity index is 1.50. The van der Waals surface area contributed by atoms with Crippen LogP contribution in [0.1, 0.15) is 31.2 Å². The Labute approximate surface area is 136 Å². The molecule has 1 N–H and O–H groups in total. The summed E-state index contributed by atoms with van der Waals surface area (Å²) in [5.74, 6) is 0.693. The van der Waals surface area contributed by atoms with Gasteiger partial charge in [0.2, 0.25) is 5.88 Å². The first kappa shape index (κ1) is 14.2. The van der Waals surface area contributed by atoms with E-state index in [0.29, 0.717) is 23.5 Å². The van der Waals surface area contributed by atoms with Gasteiger partial charge in [-0.3, -0.25) is 0 Å². The van der Waals surface area contributed by atoms with Gasteiger partial charge in [-0.15, -0.1) is 0 Å². The Morgan fingerprint density at radius 3 is 2.48 bits per heavy atom. The van der Waals surface area contributed by atoms with Gasteiger partial charge in [-0.1, -0.05) is 12.1 Å². The topological polar surface area (TPSA) is 57.9 Å². The molecule has 0 saturated carbocycles. The number of nitrogens with one attached hydrogen (secondary N) is 1. The summed E-state index contributed by atoms with van der Waals surface area (Å²) in [5, 5.41) is 12.5. The minimum atomic E-state index is 0.262. The van der Waals surface area contributed by atoms with Crippen LogP contribution in [0.5, 0.6) is 5.88 Å². The molecule has 0 spiro atoms. The predicted octanol–water partition coefficient (Wildman–Crippen LogP) is 3.28. The summed E-state index contributed by atoms with van der Waals surface area (Å²) in [5.41, 5.74) is 2.81. The molecule has 2 aliphatic heterocycles. The zero-order chi connectivity index (χ0) is 15.6. The first-order chi connectivity index (χ1) is 11.3. The highest BCUT2D eigenvalue weighted by atomic mass is 16.5. The zero-order valence-corrected chi connectivity index (χ0v) is 12.9. The maximum absolute atomic E-state index is 8.89. The molecule has 2 bridgehead atoms. The van der Waals surface area contributed by atoms with E-state index in [4.69, 9.17) is 10.00 Å². The lowest BCUT2D eigenvalue weighted by molar-refractivity contribution is 0.132. The summed E-state index contributed by atoms with van der Waals surface area (Å²) in [6.07, 6.45) is 6.72. The predicted molar refractivity (Wildman–Crippen MR) is 88.0 cm³/mol. The minimum Gasteiger partial charge on any atom is -0.474 e. The van der Waals surface area contributed by atoms with Crippen molar-refractivity contribution in [2.75, 3.05) is 0 Å². The maximum atomic E-state index is 8.89. The smallest absolute Gasteiger partial charge is 0.214 e. The number of fused-ring (bicyclic) bond motifs is 2. The third kappa shape index (κ3) is 3.06. The van der Waals surface area contributed by atoms with Gasteiger partial charge < -0.3 is 10.1 Å². The Bertz CT molecular complexity index is 723. The van der Waals surface area contributed by atoms with Crippen LogP contribution in [0, 0.1) is 11.3 Å². The lowest BCUT2D eigenvalue weighted by atomic mass is 10.0. The molecule has 4 rings (SSSR count). The second kappa shape index (κ2) is 6.02. The molecule has 2 aromatic rings. The van der Waals surface area contributed by atoms with Gasteiger partial charge in [0.1, 0.15) is 6.10 Å². The largest absolute Gasteiger partial charge is 0.474 e. The normalized spacial score (nSPS) is 25.8. The van der Waals surface area contributed by atoms with Crippen LogP contribution in [0.3, 0.4) is 0 Å². The molecule has 1 aromatic heterocycles. The Morgan fingerprint density at radius 1 is 1.04 bits per heavy atom. The van der Waals surface area contributed by atoms with E-state index in [1.54, 1.807) is 6.20 Å². The van der Waals surface area contributed by atoms with E-state index in [1.165, 1.54) is 12.8 Å². The van der Waals surface area contributed by atoms with Crippen molar-refractivity contribution >= 4 is 0 Å². The molecule has 4 heteroatoms. The molecule has 3 atom stereocenters. The maximum Gasteiger partial charge on any atom is 0.214 e. The fraction of sp³-hybridized carbons (Fsp3) is 0.368. The molecule has 1 aromatic carbocycles. The van der Waals surface area contributed by atoms with Crippen molar-refractivity contribution in [1.29, 1.82) is 5.26 Å². The summed E-state index contributed by atoms with van der Waals surface area (Å²) >= 11 is 0. The molecule has 0 aliphatic carbocycles. The molecule has 0 radical (unpaired) electrons. The van der Waals surface area contributed by atoms with Gasteiger partial charge in [-0.05, 0) is 55.0 Å². The monoisotopic (exact) mass is 305 g/mol. The number of benzene rings is 1. The van der Waals surface area contributed by atoms with Crippen molar-refractivity contribution < 1.29 is 4.74 Å². The number of pyridine rings is 1. The molecule has 2 aliphatic rings. The van der Waals surface area contributed by atoms with Crippen LogP contribution in [-0.2, 0) is 0 Å². The van der Waals surface area contributed by atoms with Gasteiger partial charge >= 0.3 is 0 Å². The molecule has 116 valence electrons. The van der Waals surface area contributed by atoms with Crippen molar-refractivity contribution in [3.8, 4) is 23.1 Å². The van der Waals surface area contributed by atoms with Gasteiger partial charge in [0.05, 0.1) is 11.6 Å². The average molecular weight is 305 g/mol. The number of ether oxygens (including phenoxy) is 1. The number of hydrogen-bond acceptors (Lipinski definition) is 4.